The molecule has 6 heteroatoms. The summed E-state index contributed by atoms with van der Waals surface area (Å²) in [5.74, 6) is 0.0307. The molecule has 6 nitrogen and oxygen atoms in total. The number of likely N-dealkylation sites (tertiary alicyclic amines) is 1. The Bertz CT molecular complexity index is 796. The van der Waals surface area contributed by atoms with Gasteiger partial charge in [0, 0.05) is 30.0 Å². The molecule has 0 unspecified atom stereocenters. The molecule has 1 aromatic heterocycles. The Kier molecular flexibility index (Phi) is 3.82. The number of nitrogens with zero attached hydrogens (tertiary/aromatic N) is 3. The molecule has 130 valence electrons. The molecule has 0 bridgehead atoms. The summed E-state index contributed by atoms with van der Waals surface area (Å²) in [5.41, 5.74) is 1.37. The quantitative estimate of drug-likeness (QED) is 0.932. The van der Waals surface area contributed by atoms with E-state index in [1.165, 1.54) is 0 Å². The molecule has 2 aliphatic rings. The van der Waals surface area contributed by atoms with E-state index in [9.17, 15) is 9.59 Å². The van der Waals surface area contributed by atoms with Crippen LogP contribution in [0.15, 0.2) is 42.7 Å². The van der Waals surface area contributed by atoms with Crippen LogP contribution in [0.4, 0.5) is 5.69 Å². The molecule has 2 heterocycles. The largest absolute Gasteiger partial charge is 0.330 e. The van der Waals surface area contributed by atoms with Gasteiger partial charge < -0.3 is 10.2 Å². The first kappa shape index (κ1) is 15.9. The molecule has 1 N–H and O–H groups in total. The van der Waals surface area contributed by atoms with Crippen molar-refractivity contribution in [1.82, 2.24) is 14.7 Å². The summed E-state index contributed by atoms with van der Waals surface area (Å²) in [6.45, 7) is 2.68. The van der Waals surface area contributed by atoms with Gasteiger partial charge in [-0.2, -0.15) is 5.10 Å². The molecule has 0 radical (unpaired) electrons. The normalized spacial score (nSPS) is 21.2. The van der Waals surface area contributed by atoms with Gasteiger partial charge >= 0.3 is 0 Å². The van der Waals surface area contributed by atoms with Crippen LogP contribution in [0.2, 0.25) is 0 Å². The smallest absolute Gasteiger partial charge is 0.247 e. The second-order valence-electron chi connectivity index (χ2n) is 7.21. The van der Waals surface area contributed by atoms with Crippen LogP contribution in [0.3, 0.4) is 0 Å². The molecule has 1 saturated carbocycles. The Balaban J connectivity index is 1.48. The lowest BCUT2D eigenvalue weighted by molar-refractivity contribution is -0.140. The Morgan fingerprint density at radius 3 is 2.84 bits per heavy atom. The number of hydrogen-bond donors (Lipinski definition) is 1. The van der Waals surface area contributed by atoms with E-state index in [-0.39, 0.29) is 23.3 Å². The highest BCUT2D eigenvalue weighted by Crippen LogP contribution is 2.47. The van der Waals surface area contributed by atoms with E-state index in [2.05, 4.69) is 10.4 Å². The molecule has 1 aromatic carbocycles. The van der Waals surface area contributed by atoms with Crippen LogP contribution >= 0.6 is 0 Å². The molecular weight excluding hydrogens is 316 g/mol. The van der Waals surface area contributed by atoms with Crippen LogP contribution in [0.1, 0.15) is 32.6 Å². The number of rotatable bonds is 4. The van der Waals surface area contributed by atoms with Crippen LogP contribution in [0.25, 0.3) is 5.69 Å². The highest BCUT2D eigenvalue weighted by Gasteiger charge is 2.50. The van der Waals surface area contributed by atoms with E-state index < -0.39 is 0 Å². The second-order valence-corrected chi connectivity index (χ2v) is 7.21. The fourth-order valence-electron chi connectivity index (χ4n) is 3.40. The maximum atomic E-state index is 12.7. The predicted molar refractivity (Wildman–Crippen MR) is 94.3 cm³/mol. The van der Waals surface area contributed by atoms with Gasteiger partial charge in [-0.25, -0.2) is 4.68 Å². The van der Waals surface area contributed by atoms with Crippen LogP contribution in [0.5, 0.6) is 0 Å². The topological polar surface area (TPSA) is 67.2 Å². The average molecular weight is 338 g/mol. The maximum Gasteiger partial charge on any atom is 0.247 e. The van der Waals surface area contributed by atoms with Gasteiger partial charge in [0.05, 0.1) is 5.69 Å². The van der Waals surface area contributed by atoms with Crippen LogP contribution in [-0.2, 0) is 9.59 Å². The average Bonchev–Trinajstić information content (AvgIpc) is 3.07. The molecule has 1 aliphatic carbocycles. The third-order valence-electron chi connectivity index (χ3n) is 5.22. The van der Waals surface area contributed by atoms with Crippen molar-refractivity contribution in [3.63, 3.8) is 0 Å². The van der Waals surface area contributed by atoms with Gasteiger partial charge in [-0.1, -0.05) is 13.0 Å². The van der Waals surface area contributed by atoms with Gasteiger partial charge in [-0.15, -0.1) is 0 Å². The molecule has 1 atom stereocenters. The minimum absolute atomic E-state index is 0.104. The van der Waals surface area contributed by atoms with E-state index >= 15 is 0 Å². The molecule has 4 rings (SSSR count). The van der Waals surface area contributed by atoms with Gasteiger partial charge in [0.2, 0.25) is 11.8 Å². The third kappa shape index (κ3) is 3.04. The first-order chi connectivity index (χ1) is 12.1. The van der Waals surface area contributed by atoms with E-state index in [1.54, 1.807) is 15.8 Å². The number of carbonyl (C=O) groups is 2. The van der Waals surface area contributed by atoms with Crippen molar-refractivity contribution in [3.05, 3.63) is 42.7 Å². The molecule has 1 aliphatic heterocycles. The van der Waals surface area contributed by atoms with E-state index in [4.69, 9.17) is 0 Å². The van der Waals surface area contributed by atoms with Crippen LogP contribution in [-0.4, -0.2) is 39.1 Å². The zero-order valence-electron chi connectivity index (χ0n) is 14.3. The van der Waals surface area contributed by atoms with E-state index in [0.29, 0.717) is 6.54 Å². The Hall–Kier alpha value is -2.63. The summed E-state index contributed by atoms with van der Waals surface area (Å²) in [5, 5.41) is 7.17. The number of amides is 2. The van der Waals surface area contributed by atoms with Crippen molar-refractivity contribution in [2.24, 2.45) is 5.41 Å². The standard InChI is InChI=1S/C19H22N4O2/c1-19(8-9-19)18(25)22-11-3-7-16(22)17(24)21-14-5-2-6-15(13-14)23-12-4-10-20-23/h2,4-6,10,12-13,16H,3,7-9,11H2,1H3,(H,21,24)/t16-/m1/s1. The molecule has 0 spiro atoms. The van der Waals surface area contributed by atoms with Crippen molar-refractivity contribution in [2.45, 2.75) is 38.6 Å². The lowest BCUT2D eigenvalue weighted by Gasteiger charge is -2.26. The van der Waals surface area contributed by atoms with Gasteiger partial charge in [0.25, 0.3) is 0 Å². The Labute approximate surface area is 146 Å². The minimum atomic E-state index is -0.363. The van der Waals surface area contributed by atoms with Gasteiger partial charge in [0.15, 0.2) is 0 Å². The highest BCUT2D eigenvalue weighted by molar-refractivity contribution is 5.98. The first-order valence-electron chi connectivity index (χ1n) is 8.79. The third-order valence-corrected chi connectivity index (χ3v) is 5.22. The maximum absolute atomic E-state index is 12.7. The predicted octanol–water partition coefficient (Wildman–Crippen LogP) is 2.60. The van der Waals surface area contributed by atoms with Crippen molar-refractivity contribution >= 4 is 17.5 Å². The minimum Gasteiger partial charge on any atom is -0.330 e. The summed E-state index contributed by atoms with van der Waals surface area (Å²) >= 11 is 0. The molecular formula is C19H22N4O2. The second kappa shape index (κ2) is 6.02. The lowest BCUT2D eigenvalue weighted by atomic mass is 10.1. The SMILES string of the molecule is CC1(C(=O)N2CCC[C@@H]2C(=O)Nc2cccc(-n3cccn3)c2)CC1. The fraction of sp³-hybridized carbons (Fsp3) is 0.421. The number of carbonyl (C=O) groups excluding carboxylic acids is 2. The summed E-state index contributed by atoms with van der Waals surface area (Å²) in [4.78, 5) is 27.2. The molecule has 2 amide bonds. The van der Waals surface area contributed by atoms with E-state index in [1.807, 2.05) is 43.5 Å². The van der Waals surface area contributed by atoms with Crippen molar-refractivity contribution < 1.29 is 9.59 Å². The molecule has 25 heavy (non-hydrogen) atoms. The Morgan fingerprint density at radius 1 is 1.28 bits per heavy atom. The zero-order valence-corrected chi connectivity index (χ0v) is 14.3. The number of anilines is 1. The van der Waals surface area contributed by atoms with E-state index in [0.717, 1.165) is 37.1 Å². The lowest BCUT2D eigenvalue weighted by Crippen LogP contribution is -2.45. The molecule has 1 saturated heterocycles. The van der Waals surface area contributed by atoms with Crippen molar-refractivity contribution in [1.29, 1.82) is 0 Å². The van der Waals surface area contributed by atoms with Crippen molar-refractivity contribution in [2.75, 3.05) is 11.9 Å². The molecule has 2 fully saturated rings. The Morgan fingerprint density at radius 2 is 2.12 bits per heavy atom. The van der Waals surface area contributed by atoms with Crippen molar-refractivity contribution in [3.8, 4) is 5.69 Å². The number of benzene rings is 1. The van der Waals surface area contributed by atoms with Crippen LogP contribution in [0, 0.1) is 5.41 Å². The zero-order chi connectivity index (χ0) is 17.4. The van der Waals surface area contributed by atoms with Gasteiger partial charge in [-0.3, -0.25) is 9.59 Å². The first-order valence-corrected chi connectivity index (χ1v) is 8.79. The summed E-state index contributed by atoms with van der Waals surface area (Å²) in [7, 11) is 0. The summed E-state index contributed by atoms with van der Waals surface area (Å²) < 4.78 is 1.75. The van der Waals surface area contributed by atoms with Gasteiger partial charge in [0.1, 0.15) is 6.04 Å². The van der Waals surface area contributed by atoms with Crippen LogP contribution < -0.4 is 5.32 Å². The van der Waals surface area contributed by atoms with Gasteiger partial charge in [-0.05, 0) is 49.9 Å². The monoisotopic (exact) mass is 338 g/mol. The highest BCUT2D eigenvalue weighted by atomic mass is 16.2. The number of aromatic nitrogens is 2. The fourth-order valence-corrected chi connectivity index (χ4v) is 3.40. The number of nitrogens with one attached hydrogen (secondary N) is 1. The number of hydrogen-bond acceptors (Lipinski definition) is 3. The summed E-state index contributed by atoms with van der Waals surface area (Å²) in [6, 6.07) is 9.05. The summed E-state index contributed by atoms with van der Waals surface area (Å²) in [6.07, 6.45) is 7.05. The molecule has 2 aromatic rings.